The zero-order chi connectivity index (χ0) is 31.3. The second kappa shape index (κ2) is 12.8. The van der Waals surface area contributed by atoms with E-state index in [0.717, 1.165) is 30.1 Å². The molecule has 0 atom stereocenters. The number of allylic oxidation sites excluding steroid dienone is 5. The largest absolute Gasteiger partial charge is 0.460 e. The average Bonchev–Trinajstić information content (AvgIpc) is 2.75. The summed E-state index contributed by atoms with van der Waals surface area (Å²) in [6.45, 7) is 3.38. The Morgan fingerprint density at radius 2 is 0.897 bits per heavy atom. The van der Waals surface area contributed by atoms with Crippen LogP contribution in [-0.4, -0.2) is 54.9 Å². The molecule has 0 aliphatic carbocycles. The van der Waals surface area contributed by atoms with Crippen molar-refractivity contribution in [2.24, 2.45) is 0 Å². The number of alkyl halides is 15. The fraction of sp³-hybridized carbons (Fsp3) is 0.739. The molecule has 0 saturated carbocycles. The first kappa shape index (κ1) is 37.1. The predicted octanol–water partition coefficient (Wildman–Crippen LogP) is 9.80. The van der Waals surface area contributed by atoms with Crippen molar-refractivity contribution in [3.8, 4) is 0 Å². The van der Waals surface area contributed by atoms with Gasteiger partial charge >= 0.3 is 41.7 Å². The van der Waals surface area contributed by atoms with Crippen molar-refractivity contribution in [2.75, 3.05) is 13.2 Å². The van der Waals surface area contributed by atoms with Gasteiger partial charge in [-0.2, -0.15) is 65.9 Å². The summed E-state index contributed by atoms with van der Waals surface area (Å²) in [6, 6.07) is 0. The highest BCUT2D eigenvalue weighted by atomic mass is 19.4. The van der Waals surface area contributed by atoms with Gasteiger partial charge in [-0.25, -0.2) is 0 Å². The lowest BCUT2D eigenvalue weighted by Gasteiger charge is -2.41. The third kappa shape index (κ3) is 8.09. The molecule has 0 aromatic heterocycles. The van der Waals surface area contributed by atoms with Gasteiger partial charge in [-0.15, -0.1) is 0 Å². The molecule has 16 heteroatoms. The van der Waals surface area contributed by atoms with E-state index in [2.05, 4.69) is 4.74 Å². The summed E-state index contributed by atoms with van der Waals surface area (Å²) < 4.78 is 201. The van der Waals surface area contributed by atoms with E-state index in [1.54, 1.807) is 0 Å². The second-order valence-corrected chi connectivity index (χ2v) is 9.05. The summed E-state index contributed by atoms with van der Waals surface area (Å²) in [6.07, 6.45) is -0.417. The summed E-state index contributed by atoms with van der Waals surface area (Å²) in [5, 5.41) is 0. The molecule has 39 heavy (non-hydrogen) atoms. The van der Waals surface area contributed by atoms with Crippen LogP contribution >= 0.6 is 0 Å². The highest BCUT2D eigenvalue weighted by Crippen LogP contribution is 2.62. The van der Waals surface area contributed by atoms with Gasteiger partial charge in [0.1, 0.15) is 6.61 Å². The topological polar surface area (TPSA) is 9.23 Å². The van der Waals surface area contributed by atoms with Gasteiger partial charge in [0.25, 0.3) is 0 Å². The van der Waals surface area contributed by atoms with E-state index in [4.69, 9.17) is 0 Å². The van der Waals surface area contributed by atoms with Crippen LogP contribution < -0.4 is 0 Å². The van der Waals surface area contributed by atoms with Crippen molar-refractivity contribution >= 4 is 0 Å². The van der Waals surface area contributed by atoms with Crippen molar-refractivity contribution in [1.29, 1.82) is 0 Å². The third-order valence-corrected chi connectivity index (χ3v) is 5.35. The molecule has 0 aromatic rings. The van der Waals surface area contributed by atoms with E-state index in [1.807, 2.05) is 32.9 Å². The van der Waals surface area contributed by atoms with E-state index in [9.17, 15) is 65.9 Å². The first-order valence-electron chi connectivity index (χ1n) is 11.1. The number of hydrogen-bond donors (Lipinski definition) is 0. The summed E-state index contributed by atoms with van der Waals surface area (Å²) in [4.78, 5) is 0. The molecular weight excluding hydrogens is 577 g/mol. The molecule has 0 fully saturated rings. The van der Waals surface area contributed by atoms with Crippen LogP contribution in [0.2, 0.25) is 0 Å². The first-order valence-corrected chi connectivity index (χ1v) is 11.1. The lowest BCUT2D eigenvalue weighted by atomic mass is 9.91. The normalized spacial score (nSPS) is 15.6. The maximum atomic E-state index is 13.7. The minimum absolute atomic E-state index is 0.308. The summed E-state index contributed by atoms with van der Waals surface area (Å²) in [5.74, 6) is -46.6. The Bertz CT molecular complexity index is 892. The van der Waals surface area contributed by atoms with Gasteiger partial charge in [-0.05, 0) is 53.4 Å². The fourth-order valence-electron chi connectivity index (χ4n) is 2.82. The van der Waals surface area contributed by atoms with Gasteiger partial charge in [0, 0.05) is 0 Å². The zero-order valence-electron chi connectivity index (χ0n) is 21.1. The van der Waals surface area contributed by atoms with Gasteiger partial charge in [0.2, 0.25) is 0 Å². The molecule has 0 rings (SSSR count). The van der Waals surface area contributed by atoms with Crippen molar-refractivity contribution in [3.05, 3.63) is 34.9 Å². The molecule has 0 spiro atoms. The highest BCUT2D eigenvalue weighted by molar-refractivity contribution is 5.13. The molecule has 0 radical (unpaired) electrons. The molecule has 0 saturated heterocycles. The van der Waals surface area contributed by atoms with Gasteiger partial charge in [-0.3, -0.25) is 0 Å². The van der Waals surface area contributed by atoms with Gasteiger partial charge in [0.05, 0.1) is 6.61 Å². The van der Waals surface area contributed by atoms with E-state index >= 15 is 0 Å². The first-order chi connectivity index (χ1) is 17.2. The molecule has 1 nitrogen and oxygen atoms in total. The standard InChI is InChI=1S/C23H27F15O/c1-14(2)7-5-8-15(3)9-6-10-16(4)11-12-39-13-17(24,25)18(26,27)19(28,29)20(30,31)21(32,33)22(34,35)23(36,37)38/h7,9,11H,5-6,8,10,12-13H2,1-4H3/b15-9+,16-11+. The number of rotatable bonds is 15. The lowest BCUT2D eigenvalue weighted by Crippen LogP contribution is -2.73. The Balaban J connectivity index is 5.43. The Hall–Kier alpha value is -1.87. The quantitative estimate of drug-likeness (QED) is 0.103. The van der Waals surface area contributed by atoms with E-state index < -0.39 is 54.9 Å². The molecule has 0 aliphatic rings. The molecule has 230 valence electrons. The second-order valence-electron chi connectivity index (χ2n) is 9.05. The maximum absolute atomic E-state index is 13.7. The number of hydrogen-bond acceptors (Lipinski definition) is 1. The smallest absolute Gasteiger partial charge is 0.371 e. The number of halogens is 15. The van der Waals surface area contributed by atoms with Gasteiger partial charge in [0.15, 0.2) is 0 Å². The molecule has 0 heterocycles. The van der Waals surface area contributed by atoms with Crippen molar-refractivity contribution < 1.29 is 70.6 Å². The van der Waals surface area contributed by atoms with Crippen LogP contribution in [0.15, 0.2) is 34.9 Å². The maximum Gasteiger partial charge on any atom is 0.460 e. The Morgan fingerprint density at radius 1 is 0.513 bits per heavy atom. The molecule has 0 amide bonds. The minimum atomic E-state index is -8.29. The molecule has 0 unspecified atom stereocenters. The molecule has 0 aliphatic heterocycles. The number of ether oxygens (including phenoxy) is 1. The fourth-order valence-corrected chi connectivity index (χ4v) is 2.82. The zero-order valence-corrected chi connectivity index (χ0v) is 21.1. The molecule has 0 bridgehead atoms. The molecule has 0 aromatic carbocycles. The Kier molecular flexibility index (Phi) is 12.1. The summed E-state index contributed by atoms with van der Waals surface area (Å²) >= 11 is 0. The summed E-state index contributed by atoms with van der Waals surface area (Å²) in [5.41, 5.74) is 2.59. The van der Waals surface area contributed by atoms with Crippen molar-refractivity contribution in [3.63, 3.8) is 0 Å². The van der Waals surface area contributed by atoms with Crippen LogP contribution in [0.1, 0.15) is 53.4 Å². The Morgan fingerprint density at radius 3 is 1.33 bits per heavy atom. The Labute approximate surface area is 214 Å². The lowest BCUT2D eigenvalue weighted by molar-refractivity contribution is -0.453. The average molecular weight is 604 g/mol. The molecular formula is C23H27F15O. The van der Waals surface area contributed by atoms with Crippen molar-refractivity contribution in [1.82, 2.24) is 0 Å². The van der Waals surface area contributed by atoms with E-state index in [1.165, 1.54) is 6.92 Å². The van der Waals surface area contributed by atoms with Gasteiger partial charge < -0.3 is 4.74 Å². The summed E-state index contributed by atoms with van der Waals surface area (Å²) in [7, 11) is 0. The van der Waals surface area contributed by atoms with Crippen LogP contribution in [0.5, 0.6) is 0 Å². The van der Waals surface area contributed by atoms with Crippen LogP contribution in [0.3, 0.4) is 0 Å². The molecule has 0 N–H and O–H groups in total. The third-order valence-electron chi connectivity index (χ3n) is 5.35. The van der Waals surface area contributed by atoms with E-state index in [0.29, 0.717) is 18.4 Å². The van der Waals surface area contributed by atoms with Crippen molar-refractivity contribution in [2.45, 2.75) is 95.1 Å². The van der Waals surface area contributed by atoms with E-state index in [-0.39, 0.29) is 0 Å². The highest BCUT2D eigenvalue weighted by Gasteiger charge is 2.93. The predicted molar refractivity (Wildman–Crippen MR) is 112 cm³/mol. The monoisotopic (exact) mass is 604 g/mol. The SMILES string of the molecule is CC(C)=CCC/C(C)=C/CC/C(C)=C/COCC(F)(F)C(F)(F)C(F)(F)C(F)(F)C(F)(F)C(F)(F)C(F)(F)F. The van der Waals surface area contributed by atoms with Gasteiger partial charge in [-0.1, -0.05) is 34.9 Å². The van der Waals surface area contributed by atoms with Crippen LogP contribution in [-0.2, 0) is 4.74 Å². The van der Waals surface area contributed by atoms with Crippen LogP contribution in [0.4, 0.5) is 65.9 Å². The van der Waals surface area contributed by atoms with Crippen LogP contribution in [0, 0.1) is 0 Å². The minimum Gasteiger partial charge on any atom is -0.371 e. The van der Waals surface area contributed by atoms with Crippen LogP contribution in [0.25, 0.3) is 0 Å².